The second-order valence-electron chi connectivity index (χ2n) is 8.08. The van der Waals surface area contributed by atoms with Gasteiger partial charge in [0, 0.05) is 30.3 Å². The van der Waals surface area contributed by atoms with E-state index in [0.29, 0.717) is 18.1 Å². The van der Waals surface area contributed by atoms with Crippen LogP contribution in [0, 0.1) is 0 Å². The Morgan fingerprint density at radius 1 is 1.00 bits per heavy atom. The molecule has 0 saturated carbocycles. The molecule has 0 spiro atoms. The van der Waals surface area contributed by atoms with Gasteiger partial charge in [0.05, 0.1) is 5.56 Å². The van der Waals surface area contributed by atoms with Crippen LogP contribution in [0.15, 0.2) is 60.9 Å². The summed E-state index contributed by atoms with van der Waals surface area (Å²) >= 11 is 0. The topological polar surface area (TPSA) is 58.1 Å². The monoisotopic (exact) mass is 372 g/mol. The predicted octanol–water partition coefficient (Wildman–Crippen LogP) is 4.72. The zero-order valence-electron chi connectivity index (χ0n) is 16.4. The van der Waals surface area contributed by atoms with Crippen LogP contribution < -0.4 is 10.2 Å². The maximum absolute atomic E-state index is 12.8. The van der Waals surface area contributed by atoms with Gasteiger partial charge in [-0.2, -0.15) is 0 Å². The van der Waals surface area contributed by atoms with E-state index >= 15 is 0 Å². The molecule has 0 bridgehead atoms. The number of carbonyl (C=O) groups is 1. The summed E-state index contributed by atoms with van der Waals surface area (Å²) in [5.41, 5.74) is 4.98. The number of para-hydroxylation sites is 1. The van der Waals surface area contributed by atoms with Gasteiger partial charge in [0.15, 0.2) is 0 Å². The van der Waals surface area contributed by atoms with Crippen molar-refractivity contribution in [2.45, 2.75) is 32.6 Å². The Bertz CT molecular complexity index is 988. The summed E-state index contributed by atoms with van der Waals surface area (Å²) in [6, 6.07) is 16.3. The minimum atomic E-state index is -0.0639. The van der Waals surface area contributed by atoms with Crippen LogP contribution in [-0.2, 0) is 11.8 Å². The summed E-state index contributed by atoms with van der Waals surface area (Å²) in [7, 11) is 0. The largest absolute Gasteiger partial charge is 0.324 e. The number of carbonyl (C=O) groups excluding carboxylic acids is 1. The van der Waals surface area contributed by atoms with Gasteiger partial charge in [-0.05, 0) is 41.2 Å². The Hall–Kier alpha value is -3.21. The van der Waals surface area contributed by atoms with Crippen molar-refractivity contribution in [2.24, 2.45) is 0 Å². The fraction of sp³-hybridized carbons (Fsp3) is 0.261. The molecular formula is C23H24N4O. The van der Waals surface area contributed by atoms with E-state index in [-0.39, 0.29) is 11.3 Å². The summed E-state index contributed by atoms with van der Waals surface area (Å²) in [4.78, 5) is 23.3. The Balaban J connectivity index is 1.46. The van der Waals surface area contributed by atoms with Crippen LogP contribution in [0.4, 0.5) is 17.3 Å². The normalized spacial score (nSPS) is 13.3. The molecule has 5 nitrogen and oxygen atoms in total. The number of hydrogen-bond donors (Lipinski definition) is 1. The summed E-state index contributed by atoms with van der Waals surface area (Å²) < 4.78 is 0. The Morgan fingerprint density at radius 3 is 2.36 bits per heavy atom. The van der Waals surface area contributed by atoms with Crippen LogP contribution in [0.1, 0.15) is 42.3 Å². The molecule has 2 heterocycles. The third-order valence-corrected chi connectivity index (χ3v) is 5.04. The first-order chi connectivity index (χ1) is 13.4. The van der Waals surface area contributed by atoms with Crippen LogP contribution in [0.2, 0.25) is 0 Å². The average molecular weight is 372 g/mol. The molecule has 142 valence electrons. The Kier molecular flexibility index (Phi) is 4.59. The first-order valence-electron chi connectivity index (χ1n) is 9.51. The van der Waals surface area contributed by atoms with E-state index in [1.807, 2.05) is 30.3 Å². The summed E-state index contributed by atoms with van der Waals surface area (Å²) in [6.45, 7) is 7.26. The molecule has 0 aliphatic carbocycles. The van der Waals surface area contributed by atoms with Gasteiger partial charge in [-0.15, -0.1) is 0 Å². The second-order valence-corrected chi connectivity index (χ2v) is 8.08. The molecule has 0 radical (unpaired) electrons. The van der Waals surface area contributed by atoms with Crippen molar-refractivity contribution in [3.8, 4) is 0 Å². The zero-order valence-corrected chi connectivity index (χ0v) is 16.4. The minimum Gasteiger partial charge on any atom is -0.324 e. The highest BCUT2D eigenvalue weighted by Gasteiger charge is 2.25. The lowest BCUT2D eigenvalue weighted by atomic mass is 9.87. The molecule has 3 aromatic rings. The fourth-order valence-corrected chi connectivity index (χ4v) is 3.39. The first kappa shape index (κ1) is 18.2. The van der Waals surface area contributed by atoms with Crippen LogP contribution in [0.3, 0.4) is 0 Å². The van der Waals surface area contributed by atoms with Gasteiger partial charge >= 0.3 is 0 Å². The molecule has 2 aromatic carbocycles. The summed E-state index contributed by atoms with van der Waals surface area (Å²) in [5, 5.41) is 3.19. The SMILES string of the molecule is CC(C)(C)c1ccc(Nc2ncc(C(=O)N3CCc4ccccc43)cn2)cc1. The van der Waals surface area contributed by atoms with Gasteiger partial charge in [-0.1, -0.05) is 51.1 Å². The molecular weight excluding hydrogens is 348 g/mol. The van der Waals surface area contributed by atoms with E-state index in [1.165, 1.54) is 11.1 Å². The van der Waals surface area contributed by atoms with E-state index < -0.39 is 0 Å². The molecule has 0 saturated heterocycles. The highest BCUT2D eigenvalue weighted by Crippen LogP contribution is 2.29. The molecule has 1 amide bonds. The van der Waals surface area contributed by atoms with Gasteiger partial charge in [-0.3, -0.25) is 4.79 Å². The molecule has 5 heteroatoms. The molecule has 1 N–H and O–H groups in total. The fourth-order valence-electron chi connectivity index (χ4n) is 3.39. The zero-order chi connectivity index (χ0) is 19.7. The molecule has 4 rings (SSSR count). The van der Waals surface area contributed by atoms with E-state index in [9.17, 15) is 4.79 Å². The van der Waals surface area contributed by atoms with Crippen molar-refractivity contribution < 1.29 is 4.79 Å². The second kappa shape index (κ2) is 7.08. The van der Waals surface area contributed by atoms with Gasteiger partial charge in [0.2, 0.25) is 5.95 Å². The van der Waals surface area contributed by atoms with Crippen molar-refractivity contribution in [1.82, 2.24) is 9.97 Å². The molecule has 1 aromatic heterocycles. The number of aromatic nitrogens is 2. The maximum atomic E-state index is 12.8. The lowest BCUT2D eigenvalue weighted by Gasteiger charge is -2.19. The number of hydrogen-bond acceptors (Lipinski definition) is 4. The third kappa shape index (κ3) is 3.60. The third-order valence-electron chi connectivity index (χ3n) is 5.04. The van der Waals surface area contributed by atoms with Crippen molar-refractivity contribution in [3.05, 3.63) is 77.6 Å². The predicted molar refractivity (Wildman–Crippen MR) is 112 cm³/mol. The highest BCUT2D eigenvalue weighted by molar-refractivity contribution is 6.07. The molecule has 0 atom stereocenters. The highest BCUT2D eigenvalue weighted by atomic mass is 16.2. The number of amides is 1. The quantitative estimate of drug-likeness (QED) is 0.723. The molecule has 1 aliphatic rings. The molecule has 28 heavy (non-hydrogen) atoms. The van der Waals surface area contributed by atoms with E-state index in [1.54, 1.807) is 17.3 Å². The lowest BCUT2D eigenvalue weighted by Crippen LogP contribution is -2.29. The number of fused-ring (bicyclic) bond motifs is 1. The van der Waals surface area contributed by atoms with E-state index in [0.717, 1.165) is 17.8 Å². The Labute approximate surface area is 165 Å². The summed E-state index contributed by atoms with van der Waals surface area (Å²) in [6.07, 6.45) is 4.05. The number of anilines is 3. The first-order valence-corrected chi connectivity index (χ1v) is 9.51. The van der Waals surface area contributed by atoms with E-state index in [4.69, 9.17) is 0 Å². The van der Waals surface area contributed by atoms with Crippen LogP contribution in [0.25, 0.3) is 0 Å². The minimum absolute atomic E-state index is 0.0639. The lowest BCUT2D eigenvalue weighted by molar-refractivity contribution is 0.0988. The van der Waals surface area contributed by atoms with Gasteiger partial charge in [0.1, 0.15) is 0 Å². The maximum Gasteiger partial charge on any atom is 0.261 e. The van der Waals surface area contributed by atoms with E-state index in [2.05, 4.69) is 54.3 Å². The standard InChI is InChI=1S/C23H24N4O/c1-23(2,3)18-8-10-19(11-9-18)26-22-24-14-17(15-25-22)21(28)27-13-12-16-6-4-5-7-20(16)27/h4-11,14-15H,12-13H2,1-3H3,(H,24,25,26). The molecule has 0 unspecified atom stereocenters. The van der Waals surface area contributed by atoms with Crippen molar-refractivity contribution in [2.75, 3.05) is 16.8 Å². The van der Waals surface area contributed by atoms with Crippen molar-refractivity contribution >= 4 is 23.2 Å². The van der Waals surface area contributed by atoms with Gasteiger partial charge < -0.3 is 10.2 Å². The van der Waals surface area contributed by atoms with Crippen LogP contribution in [-0.4, -0.2) is 22.4 Å². The van der Waals surface area contributed by atoms with Crippen molar-refractivity contribution in [3.63, 3.8) is 0 Å². The smallest absolute Gasteiger partial charge is 0.261 e. The molecule has 1 aliphatic heterocycles. The summed E-state index contributed by atoms with van der Waals surface area (Å²) in [5.74, 6) is 0.410. The van der Waals surface area contributed by atoms with Gasteiger partial charge in [0.25, 0.3) is 5.91 Å². The number of rotatable bonds is 3. The van der Waals surface area contributed by atoms with Crippen LogP contribution in [0.5, 0.6) is 0 Å². The molecule has 0 fully saturated rings. The van der Waals surface area contributed by atoms with Crippen molar-refractivity contribution in [1.29, 1.82) is 0 Å². The number of nitrogens with zero attached hydrogens (tertiary/aromatic N) is 3. The number of nitrogens with one attached hydrogen (secondary N) is 1. The van der Waals surface area contributed by atoms with Crippen LogP contribution >= 0.6 is 0 Å². The Morgan fingerprint density at radius 2 is 1.68 bits per heavy atom. The average Bonchev–Trinajstić information content (AvgIpc) is 3.12. The number of benzene rings is 2. The van der Waals surface area contributed by atoms with Gasteiger partial charge in [-0.25, -0.2) is 9.97 Å².